The molecule has 0 saturated heterocycles. The molecule has 16 nitrogen and oxygen atoms in total. The predicted octanol–water partition coefficient (Wildman–Crippen LogP) is 9.06. The summed E-state index contributed by atoms with van der Waals surface area (Å²) in [5, 5.41) is 27.8. The Hall–Kier alpha value is -5.70. The summed E-state index contributed by atoms with van der Waals surface area (Å²) in [5.41, 5.74) is -21.8. The first-order valence-corrected chi connectivity index (χ1v) is 26.0. The van der Waals surface area contributed by atoms with Gasteiger partial charge in [-0.25, -0.2) is 51.9 Å². The highest BCUT2D eigenvalue weighted by Gasteiger charge is 2.48. The fraction of sp³-hybridized carbons (Fsp3) is 0.350. The molecular weight excluding hydrogens is 1080 g/mol. The van der Waals surface area contributed by atoms with Crippen LogP contribution in [0.1, 0.15) is 50.7 Å². The number of benzene rings is 4. The van der Waals surface area contributed by atoms with Gasteiger partial charge in [0.2, 0.25) is 12.7 Å². The normalized spacial score (nSPS) is 13.1. The Bertz CT molecular complexity index is 3030. The minimum absolute atomic E-state index is 0.207. The van der Waals surface area contributed by atoms with Crippen LogP contribution in [0, 0.1) is 0 Å². The predicted molar refractivity (Wildman–Crippen MR) is 234 cm³/mol. The van der Waals surface area contributed by atoms with E-state index >= 15 is 0 Å². The number of nitrogens with zero attached hydrogens (tertiary/aromatic N) is 6. The Morgan fingerprint density at radius 2 is 0.792 bits per heavy atom. The molecule has 2 aromatic heterocycles. The number of aryl methyl sites for hydroxylation is 2. The molecule has 0 aliphatic carbocycles. The van der Waals surface area contributed by atoms with E-state index in [-0.39, 0.29) is 11.5 Å². The van der Waals surface area contributed by atoms with E-state index in [2.05, 4.69) is 93.8 Å². The molecule has 32 heteroatoms. The molecule has 0 spiro atoms. The molecular formula is C40H40F12N6O10S4. The number of hydrogen-bond donors (Lipinski definition) is 2. The van der Waals surface area contributed by atoms with Crippen molar-refractivity contribution in [1.29, 1.82) is 0 Å². The van der Waals surface area contributed by atoms with Gasteiger partial charge in [-0.2, -0.15) is 52.7 Å². The number of imidazole rings is 2. The van der Waals surface area contributed by atoms with Crippen LogP contribution in [-0.4, -0.2) is 75.1 Å². The molecule has 4 aromatic carbocycles. The smallest absolute Gasteiger partial charge is 0.480 e. The Labute approximate surface area is 403 Å². The molecule has 6 rings (SSSR count). The van der Waals surface area contributed by atoms with Crippen LogP contribution in [0.25, 0.3) is 40.9 Å². The zero-order valence-electron chi connectivity index (χ0n) is 36.9. The van der Waals surface area contributed by atoms with E-state index < -0.39 is 62.1 Å². The summed E-state index contributed by atoms with van der Waals surface area (Å²) in [7, 11) is -26.9. The number of phenolic OH excluding ortho intramolecular Hbond substituents is 2. The third kappa shape index (κ3) is 14.3. The lowest BCUT2D eigenvalue weighted by molar-refractivity contribution is -0.688. The number of aromatic nitrogens is 4. The van der Waals surface area contributed by atoms with E-state index in [1.807, 2.05) is 36.4 Å². The number of fused-ring (bicyclic) bond motifs is 2. The summed E-state index contributed by atoms with van der Waals surface area (Å²) in [5.74, 6) is 0.414. The fourth-order valence-electron chi connectivity index (χ4n) is 6.37. The second kappa shape index (κ2) is 22.2. The third-order valence-corrected chi connectivity index (χ3v) is 15.2. The van der Waals surface area contributed by atoms with Gasteiger partial charge in [-0.05, 0) is 46.5 Å². The molecule has 0 bridgehead atoms. The highest BCUT2D eigenvalue weighted by Crippen LogP contribution is 2.48. The molecule has 0 aliphatic rings. The lowest BCUT2D eigenvalue weighted by atomic mass is 9.88. The van der Waals surface area contributed by atoms with Crippen LogP contribution in [0.3, 0.4) is 0 Å². The number of unbranched alkanes of at least 4 members (excludes halogenated alkanes) is 2. The van der Waals surface area contributed by atoms with Crippen molar-refractivity contribution in [2.24, 2.45) is 0 Å². The molecule has 0 radical (unpaired) electrons. The molecule has 0 atom stereocenters. The van der Waals surface area contributed by atoms with Gasteiger partial charge in [0.1, 0.15) is 49.4 Å². The van der Waals surface area contributed by atoms with Crippen LogP contribution >= 0.6 is 0 Å². The summed E-state index contributed by atoms with van der Waals surface area (Å²) in [6.45, 7) is 7.41. The van der Waals surface area contributed by atoms with E-state index in [0.717, 1.165) is 79.7 Å². The molecule has 0 fully saturated rings. The maximum Gasteiger partial charge on any atom is 0.480 e. The van der Waals surface area contributed by atoms with Crippen molar-refractivity contribution in [3.05, 3.63) is 117 Å². The summed E-state index contributed by atoms with van der Waals surface area (Å²) < 4.78 is 227. The molecule has 0 unspecified atom stereocenters. The van der Waals surface area contributed by atoms with Crippen molar-refractivity contribution in [3.8, 4) is 22.6 Å². The van der Waals surface area contributed by atoms with Gasteiger partial charge in [0.25, 0.3) is 0 Å². The Morgan fingerprint density at radius 3 is 1.07 bits per heavy atom. The van der Waals surface area contributed by atoms with Gasteiger partial charge >= 0.3 is 22.0 Å². The van der Waals surface area contributed by atoms with Gasteiger partial charge in [0.05, 0.1) is 13.1 Å². The third-order valence-electron chi connectivity index (χ3n) is 9.75. The number of hydrogen-bond acceptors (Lipinski definition) is 10. The number of halogens is 12. The average molecular weight is 1120 g/mol. The summed E-state index contributed by atoms with van der Waals surface area (Å²) in [6.07, 6.45) is 17.0. The first kappa shape index (κ1) is 58.9. The van der Waals surface area contributed by atoms with E-state index in [9.17, 15) is 96.6 Å². The maximum absolute atomic E-state index is 12.0. The van der Waals surface area contributed by atoms with E-state index in [4.69, 9.17) is 0 Å². The van der Waals surface area contributed by atoms with Crippen LogP contribution in [0.4, 0.5) is 52.7 Å². The molecule has 72 heavy (non-hydrogen) atoms. The highest BCUT2D eigenvalue weighted by atomic mass is 32.3. The van der Waals surface area contributed by atoms with Crippen LogP contribution < -0.4 is 9.13 Å². The van der Waals surface area contributed by atoms with E-state index in [0.29, 0.717) is 24.2 Å². The lowest BCUT2D eigenvalue weighted by Gasteiger charge is -2.22. The van der Waals surface area contributed by atoms with Crippen molar-refractivity contribution in [2.75, 3.05) is 0 Å². The Morgan fingerprint density at radius 1 is 0.500 bits per heavy atom. The Balaban J connectivity index is 0.000000309. The van der Waals surface area contributed by atoms with Crippen molar-refractivity contribution < 1.29 is 106 Å². The number of rotatable bonds is 15. The van der Waals surface area contributed by atoms with Crippen molar-refractivity contribution >= 4 is 61.6 Å². The first-order chi connectivity index (χ1) is 33.0. The van der Waals surface area contributed by atoms with Gasteiger partial charge in [-0.3, -0.25) is 0 Å². The monoisotopic (exact) mass is 1120 g/mol. The molecule has 2 N–H and O–H groups in total. The number of aromatic hydroxyl groups is 2. The minimum Gasteiger partial charge on any atom is -0.507 e. The highest BCUT2D eigenvalue weighted by molar-refractivity contribution is 8.13. The second-order valence-corrected chi connectivity index (χ2v) is 22.0. The molecule has 398 valence electrons. The number of phenols is 2. The zero-order chi connectivity index (χ0) is 54.5. The number of alkyl halides is 12. The molecule has 6 aromatic rings. The van der Waals surface area contributed by atoms with Crippen LogP contribution in [0.15, 0.2) is 98.1 Å². The number of sulfonamides is 4. The second-order valence-electron chi connectivity index (χ2n) is 15.1. The van der Waals surface area contributed by atoms with Gasteiger partial charge in [0, 0.05) is 22.3 Å². The maximum atomic E-state index is 12.0. The van der Waals surface area contributed by atoms with E-state index in [1.54, 1.807) is 0 Å². The summed E-state index contributed by atoms with van der Waals surface area (Å²) in [4.78, 5) is 0. The topological polar surface area (TPSA) is 223 Å². The molecule has 0 amide bonds. The lowest BCUT2D eigenvalue weighted by Crippen LogP contribution is -2.31. The van der Waals surface area contributed by atoms with Gasteiger partial charge in [-0.15, -0.1) is 0 Å². The van der Waals surface area contributed by atoms with Gasteiger partial charge < -0.3 is 18.5 Å². The van der Waals surface area contributed by atoms with Gasteiger partial charge in [-0.1, -0.05) is 75.2 Å². The SMILES string of the molecule is CCCCn1cc[n+](Cc2cc3ccccc3c(-c3c(O)c(C[n+]4ccn(CCCC)c4)cc4ccccc34)c2O)c1.O=S(=O)([N-]S(=O)(=O)C(F)(F)F)C(F)(F)F.O=S(=O)([N-]S(=O)(=O)C(F)(F)F)C(F)(F)F. The molecule has 0 aliphatic heterocycles. The van der Waals surface area contributed by atoms with Crippen molar-refractivity contribution in [3.63, 3.8) is 0 Å². The molecule has 2 heterocycles. The molecule has 0 saturated carbocycles. The first-order valence-electron chi connectivity index (χ1n) is 20.3. The minimum atomic E-state index is -6.72. The standard InChI is InChI=1S/C36H38N4O2.2C2F6NO4S2/c1-3-5-15-37-17-19-39(25-37)23-29-21-27-11-7-9-13-31(27)33(35(29)41)34-32-14-10-8-12-28(32)22-30(36(34)42)24-40-20-18-38(26-40)16-6-4-2;2*3-1(4,5)14(10,11)9-15(12,13)2(6,7)8/h7-14,17-22,25-26H,3-6,15-16,23-24H2,1-2H3;;/q;2*-1/p+2. The average Bonchev–Trinajstić information content (AvgIpc) is 3.90. The Kier molecular flexibility index (Phi) is 18.1. The largest absolute Gasteiger partial charge is 0.507 e. The quantitative estimate of drug-likeness (QED) is 0.0733. The van der Waals surface area contributed by atoms with Crippen LogP contribution in [-0.2, 0) is 66.3 Å². The zero-order valence-corrected chi connectivity index (χ0v) is 40.2. The van der Waals surface area contributed by atoms with Crippen LogP contribution in [0.5, 0.6) is 11.5 Å². The van der Waals surface area contributed by atoms with Gasteiger partial charge in [0.15, 0.2) is 40.1 Å². The van der Waals surface area contributed by atoms with Crippen LogP contribution in [0.2, 0.25) is 0 Å². The van der Waals surface area contributed by atoms with Crippen molar-refractivity contribution in [2.45, 2.75) is 87.7 Å². The van der Waals surface area contributed by atoms with Crippen molar-refractivity contribution in [1.82, 2.24) is 9.13 Å². The summed E-state index contributed by atoms with van der Waals surface area (Å²) >= 11 is 0. The van der Waals surface area contributed by atoms with E-state index in [1.165, 1.54) is 0 Å². The fourth-order valence-corrected chi connectivity index (χ4v) is 9.79. The summed E-state index contributed by atoms with van der Waals surface area (Å²) in [6, 6.07) is 20.4.